The van der Waals surface area contributed by atoms with Gasteiger partial charge < -0.3 is 10.6 Å². The SMILES string of the molecule is CC(C)C[C@@H](NC(=O)c1ccccc1Cl)C(=O)NCc1cccnc1. The largest absolute Gasteiger partial charge is 0.350 e. The van der Waals surface area contributed by atoms with Crippen LogP contribution in [-0.4, -0.2) is 22.8 Å². The van der Waals surface area contributed by atoms with E-state index in [0.717, 1.165) is 5.56 Å². The topological polar surface area (TPSA) is 71.1 Å². The van der Waals surface area contributed by atoms with Crippen molar-refractivity contribution in [3.8, 4) is 0 Å². The summed E-state index contributed by atoms with van der Waals surface area (Å²) >= 11 is 6.06. The van der Waals surface area contributed by atoms with Gasteiger partial charge in [0.25, 0.3) is 5.91 Å². The zero-order chi connectivity index (χ0) is 18.2. The Morgan fingerprint density at radius 3 is 2.56 bits per heavy atom. The Bertz CT molecular complexity index is 720. The summed E-state index contributed by atoms with van der Waals surface area (Å²) < 4.78 is 0. The third-order valence-corrected chi connectivity index (χ3v) is 3.97. The minimum Gasteiger partial charge on any atom is -0.350 e. The Kier molecular flexibility index (Phi) is 6.95. The van der Waals surface area contributed by atoms with E-state index in [1.807, 2.05) is 26.0 Å². The predicted octanol–water partition coefficient (Wildman–Crippen LogP) is 3.20. The molecule has 0 radical (unpaired) electrons. The number of carbonyl (C=O) groups is 2. The number of nitrogens with one attached hydrogen (secondary N) is 2. The van der Waals surface area contributed by atoms with Crippen molar-refractivity contribution in [1.82, 2.24) is 15.6 Å². The maximum atomic E-state index is 12.5. The van der Waals surface area contributed by atoms with E-state index in [2.05, 4.69) is 15.6 Å². The number of nitrogens with zero attached hydrogens (tertiary/aromatic N) is 1. The lowest BCUT2D eigenvalue weighted by atomic mass is 10.0. The summed E-state index contributed by atoms with van der Waals surface area (Å²) in [6.45, 7) is 4.37. The van der Waals surface area contributed by atoms with Gasteiger partial charge in [-0.05, 0) is 36.1 Å². The number of hydrogen-bond donors (Lipinski definition) is 2. The molecular formula is C19H22ClN3O2. The molecule has 2 N–H and O–H groups in total. The Balaban J connectivity index is 2.03. The molecule has 132 valence electrons. The first-order chi connectivity index (χ1) is 12.0. The number of halogens is 1. The van der Waals surface area contributed by atoms with Gasteiger partial charge in [0.2, 0.25) is 5.91 Å². The normalized spacial score (nSPS) is 11.8. The van der Waals surface area contributed by atoms with Gasteiger partial charge >= 0.3 is 0 Å². The van der Waals surface area contributed by atoms with Crippen molar-refractivity contribution in [2.75, 3.05) is 0 Å². The van der Waals surface area contributed by atoms with Crippen LogP contribution >= 0.6 is 11.6 Å². The first kappa shape index (κ1) is 18.9. The van der Waals surface area contributed by atoms with Gasteiger partial charge in [0, 0.05) is 18.9 Å². The minimum atomic E-state index is -0.625. The van der Waals surface area contributed by atoms with Gasteiger partial charge in [-0.1, -0.05) is 43.6 Å². The van der Waals surface area contributed by atoms with Gasteiger partial charge in [0.15, 0.2) is 0 Å². The number of aromatic nitrogens is 1. The van der Waals surface area contributed by atoms with E-state index in [1.54, 1.807) is 36.7 Å². The van der Waals surface area contributed by atoms with Crippen LogP contribution in [0.4, 0.5) is 0 Å². The number of rotatable bonds is 7. The van der Waals surface area contributed by atoms with Crippen molar-refractivity contribution < 1.29 is 9.59 Å². The molecule has 2 rings (SSSR count). The number of amides is 2. The smallest absolute Gasteiger partial charge is 0.253 e. The van der Waals surface area contributed by atoms with Crippen molar-refractivity contribution in [3.63, 3.8) is 0 Å². The molecule has 0 fully saturated rings. The number of carbonyl (C=O) groups excluding carboxylic acids is 2. The molecule has 1 aromatic carbocycles. The van der Waals surface area contributed by atoms with Crippen molar-refractivity contribution in [1.29, 1.82) is 0 Å². The molecule has 25 heavy (non-hydrogen) atoms. The zero-order valence-electron chi connectivity index (χ0n) is 14.3. The lowest BCUT2D eigenvalue weighted by Gasteiger charge is -2.20. The van der Waals surface area contributed by atoms with Crippen LogP contribution in [0.3, 0.4) is 0 Å². The van der Waals surface area contributed by atoms with Crippen LogP contribution in [0.2, 0.25) is 5.02 Å². The summed E-state index contributed by atoms with van der Waals surface area (Å²) in [5.41, 5.74) is 1.26. The van der Waals surface area contributed by atoms with Crippen LogP contribution in [0.5, 0.6) is 0 Å². The summed E-state index contributed by atoms with van der Waals surface area (Å²) in [5.74, 6) is -0.327. The Morgan fingerprint density at radius 1 is 1.16 bits per heavy atom. The van der Waals surface area contributed by atoms with Crippen molar-refractivity contribution in [3.05, 3.63) is 64.9 Å². The Labute approximate surface area is 152 Å². The molecule has 0 aliphatic heterocycles. The van der Waals surface area contributed by atoms with Crippen molar-refractivity contribution in [2.45, 2.75) is 32.9 Å². The average molecular weight is 360 g/mol. The summed E-state index contributed by atoms with van der Waals surface area (Å²) in [5, 5.41) is 6.00. The fraction of sp³-hybridized carbons (Fsp3) is 0.316. The van der Waals surface area contributed by atoms with E-state index in [9.17, 15) is 9.59 Å². The van der Waals surface area contributed by atoms with E-state index >= 15 is 0 Å². The van der Waals surface area contributed by atoms with Crippen molar-refractivity contribution in [2.24, 2.45) is 5.92 Å². The van der Waals surface area contributed by atoms with E-state index in [4.69, 9.17) is 11.6 Å². The van der Waals surface area contributed by atoms with Gasteiger partial charge in [-0.2, -0.15) is 0 Å². The van der Waals surface area contributed by atoms with E-state index < -0.39 is 6.04 Å². The van der Waals surface area contributed by atoms with Gasteiger partial charge in [0.1, 0.15) is 6.04 Å². The monoisotopic (exact) mass is 359 g/mol. The zero-order valence-corrected chi connectivity index (χ0v) is 15.1. The summed E-state index contributed by atoms with van der Waals surface area (Å²) in [4.78, 5) is 29.0. The summed E-state index contributed by atoms with van der Waals surface area (Å²) in [6, 6.07) is 9.85. The molecule has 0 saturated heterocycles. The van der Waals surface area contributed by atoms with Gasteiger partial charge in [-0.3, -0.25) is 14.6 Å². The van der Waals surface area contributed by atoms with E-state index in [0.29, 0.717) is 23.6 Å². The van der Waals surface area contributed by atoms with E-state index in [-0.39, 0.29) is 17.7 Å². The second kappa shape index (κ2) is 9.18. The summed E-state index contributed by atoms with van der Waals surface area (Å²) in [7, 11) is 0. The van der Waals surface area contributed by atoms with Crippen LogP contribution in [0.1, 0.15) is 36.2 Å². The third kappa shape index (κ3) is 5.87. The molecule has 0 unspecified atom stereocenters. The molecule has 2 amide bonds. The highest BCUT2D eigenvalue weighted by Gasteiger charge is 2.23. The lowest BCUT2D eigenvalue weighted by molar-refractivity contribution is -0.123. The Hall–Kier alpha value is -2.40. The molecule has 1 aromatic heterocycles. The quantitative estimate of drug-likeness (QED) is 0.797. The fourth-order valence-electron chi connectivity index (χ4n) is 2.40. The molecule has 6 heteroatoms. The molecule has 1 heterocycles. The highest BCUT2D eigenvalue weighted by molar-refractivity contribution is 6.33. The lowest BCUT2D eigenvalue weighted by Crippen LogP contribution is -2.47. The molecule has 2 aromatic rings. The Morgan fingerprint density at radius 2 is 1.92 bits per heavy atom. The summed E-state index contributed by atoms with van der Waals surface area (Å²) in [6.07, 6.45) is 3.91. The first-order valence-corrected chi connectivity index (χ1v) is 8.57. The molecule has 1 atom stereocenters. The molecular weight excluding hydrogens is 338 g/mol. The molecule has 0 aliphatic carbocycles. The van der Waals surface area contributed by atoms with Gasteiger partial charge in [-0.25, -0.2) is 0 Å². The second-order valence-corrected chi connectivity index (χ2v) is 6.62. The van der Waals surface area contributed by atoms with Crippen LogP contribution in [-0.2, 0) is 11.3 Å². The van der Waals surface area contributed by atoms with Crippen LogP contribution in [0.25, 0.3) is 0 Å². The van der Waals surface area contributed by atoms with Crippen LogP contribution in [0, 0.1) is 5.92 Å². The van der Waals surface area contributed by atoms with Gasteiger partial charge in [0.05, 0.1) is 10.6 Å². The highest BCUT2D eigenvalue weighted by atomic mass is 35.5. The molecule has 0 saturated carbocycles. The van der Waals surface area contributed by atoms with Gasteiger partial charge in [-0.15, -0.1) is 0 Å². The average Bonchev–Trinajstić information content (AvgIpc) is 2.60. The predicted molar refractivity (Wildman–Crippen MR) is 98.2 cm³/mol. The fourth-order valence-corrected chi connectivity index (χ4v) is 2.62. The molecule has 5 nitrogen and oxygen atoms in total. The molecule has 0 bridgehead atoms. The minimum absolute atomic E-state index is 0.224. The maximum Gasteiger partial charge on any atom is 0.253 e. The third-order valence-electron chi connectivity index (χ3n) is 3.64. The number of benzene rings is 1. The molecule has 0 spiro atoms. The van der Waals surface area contributed by atoms with Crippen LogP contribution in [0.15, 0.2) is 48.8 Å². The first-order valence-electron chi connectivity index (χ1n) is 8.19. The standard InChI is InChI=1S/C19H22ClN3O2/c1-13(2)10-17(19(25)22-12-14-6-5-9-21-11-14)23-18(24)15-7-3-4-8-16(15)20/h3-9,11,13,17H,10,12H2,1-2H3,(H,22,25)(H,23,24)/t17-/m1/s1. The van der Waals surface area contributed by atoms with Crippen molar-refractivity contribution >= 4 is 23.4 Å². The molecule has 0 aliphatic rings. The maximum absolute atomic E-state index is 12.5. The van der Waals surface area contributed by atoms with E-state index in [1.165, 1.54) is 0 Å². The number of hydrogen-bond acceptors (Lipinski definition) is 3. The highest BCUT2D eigenvalue weighted by Crippen LogP contribution is 2.15. The second-order valence-electron chi connectivity index (χ2n) is 6.21. The number of pyridine rings is 1. The van der Waals surface area contributed by atoms with Crippen LogP contribution < -0.4 is 10.6 Å².